The lowest BCUT2D eigenvalue weighted by Gasteiger charge is -2.37. The minimum absolute atomic E-state index is 0.0625. The minimum Gasteiger partial charge on any atom is -0.445 e. The fraction of sp³-hybridized carbons (Fsp3) is 0.515. The first-order valence-corrected chi connectivity index (χ1v) is 15.2. The van der Waals surface area contributed by atoms with Crippen LogP contribution in [0, 0.1) is 11.2 Å². The third-order valence-corrected chi connectivity index (χ3v) is 8.59. The van der Waals surface area contributed by atoms with Gasteiger partial charge in [0.15, 0.2) is 0 Å². The summed E-state index contributed by atoms with van der Waals surface area (Å²) in [7, 11) is 1.47. The zero-order valence-corrected chi connectivity index (χ0v) is 26.6. The first-order valence-electron chi connectivity index (χ1n) is 15.2. The summed E-state index contributed by atoms with van der Waals surface area (Å²) in [5.41, 5.74) is 6.59. The SMILES string of the molecule is C[C@@H](C(=O)N[C@H](C(=O)N1CC[C@@H]2C1[C@@H](OCc1ccc(F)cc1)CN2C(=O)CN)C(C)(C)C)N(C)C(=O)OCc1ccccc1. The smallest absolute Gasteiger partial charge is 0.410 e. The molecule has 3 N–H and O–H groups in total. The van der Waals surface area contributed by atoms with Crippen LogP contribution in [0.2, 0.25) is 0 Å². The van der Waals surface area contributed by atoms with E-state index in [1.165, 1.54) is 24.1 Å². The maximum absolute atomic E-state index is 14.2. The number of benzene rings is 2. The van der Waals surface area contributed by atoms with Crippen LogP contribution in [0.25, 0.3) is 0 Å². The van der Waals surface area contributed by atoms with Gasteiger partial charge in [-0.3, -0.25) is 19.3 Å². The second-order valence-corrected chi connectivity index (χ2v) is 12.7. The van der Waals surface area contributed by atoms with E-state index >= 15 is 0 Å². The monoisotopic (exact) mass is 625 g/mol. The van der Waals surface area contributed by atoms with Crippen LogP contribution >= 0.6 is 0 Å². The van der Waals surface area contributed by atoms with Crippen molar-refractivity contribution in [1.82, 2.24) is 20.0 Å². The number of amides is 4. The van der Waals surface area contributed by atoms with Gasteiger partial charge >= 0.3 is 6.09 Å². The van der Waals surface area contributed by atoms with Gasteiger partial charge in [0.2, 0.25) is 17.7 Å². The molecule has 0 saturated carbocycles. The number of hydrogen-bond donors (Lipinski definition) is 2. The van der Waals surface area contributed by atoms with Gasteiger partial charge in [0.25, 0.3) is 0 Å². The molecule has 0 spiro atoms. The van der Waals surface area contributed by atoms with Gasteiger partial charge in [-0.25, -0.2) is 9.18 Å². The van der Waals surface area contributed by atoms with E-state index in [9.17, 15) is 23.6 Å². The molecular formula is C33H44FN5O6. The van der Waals surface area contributed by atoms with Crippen LogP contribution in [0.4, 0.5) is 9.18 Å². The van der Waals surface area contributed by atoms with Gasteiger partial charge in [-0.2, -0.15) is 0 Å². The number of likely N-dealkylation sites (N-methyl/N-ethyl adjacent to an activating group) is 1. The number of carbonyl (C=O) groups is 4. The average Bonchev–Trinajstić information content (AvgIpc) is 3.61. The van der Waals surface area contributed by atoms with Crippen LogP contribution in [0.5, 0.6) is 0 Å². The van der Waals surface area contributed by atoms with E-state index < -0.39 is 41.6 Å². The molecule has 2 heterocycles. The van der Waals surface area contributed by atoms with Crippen LogP contribution in [0.15, 0.2) is 54.6 Å². The molecule has 0 radical (unpaired) electrons. The highest BCUT2D eigenvalue weighted by Gasteiger charge is 2.54. The molecule has 12 heteroatoms. The van der Waals surface area contributed by atoms with E-state index in [4.69, 9.17) is 15.2 Å². The normalized spacial score (nSPS) is 20.7. The van der Waals surface area contributed by atoms with Crippen molar-refractivity contribution in [2.24, 2.45) is 11.1 Å². The molecule has 2 fully saturated rings. The average molecular weight is 626 g/mol. The number of nitrogens with zero attached hydrogens (tertiary/aromatic N) is 3. The summed E-state index contributed by atoms with van der Waals surface area (Å²) in [5.74, 6) is -1.40. The fourth-order valence-electron chi connectivity index (χ4n) is 5.85. The van der Waals surface area contributed by atoms with Crippen LogP contribution < -0.4 is 11.1 Å². The third-order valence-electron chi connectivity index (χ3n) is 8.59. The number of hydrogen-bond acceptors (Lipinski definition) is 7. The van der Waals surface area contributed by atoms with Crippen molar-refractivity contribution < 1.29 is 33.0 Å². The summed E-state index contributed by atoms with van der Waals surface area (Å²) in [5, 5.41) is 2.89. The molecule has 11 nitrogen and oxygen atoms in total. The van der Waals surface area contributed by atoms with Crippen molar-refractivity contribution in [1.29, 1.82) is 0 Å². The van der Waals surface area contributed by atoms with E-state index in [-0.39, 0.29) is 50.0 Å². The standard InChI is InChI=1S/C33H44FN5O6/c1-21(37(5)32(43)45-20-22-9-7-6-8-10-22)30(41)36-29(33(2,3)4)31(42)38-16-15-25-28(38)26(18-39(25)27(40)17-35)44-19-23-11-13-24(34)14-12-23/h6-14,21,25-26,28-29H,15-20,35H2,1-5H3,(H,36,41)/t21-,25+,26-,28?,29+/m0/s1. The molecule has 45 heavy (non-hydrogen) atoms. The molecule has 2 aromatic carbocycles. The molecule has 244 valence electrons. The Morgan fingerprint density at radius 2 is 1.67 bits per heavy atom. The highest BCUT2D eigenvalue weighted by atomic mass is 19.1. The zero-order chi connectivity index (χ0) is 32.9. The van der Waals surface area contributed by atoms with Gasteiger partial charge in [-0.15, -0.1) is 0 Å². The van der Waals surface area contributed by atoms with Gasteiger partial charge in [0, 0.05) is 20.1 Å². The second-order valence-electron chi connectivity index (χ2n) is 12.7. The molecular weight excluding hydrogens is 581 g/mol. The maximum atomic E-state index is 14.2. The number of ether oxygens (including phenoxy) is 2. The molecule has 4 rings (SSSR count). The quantitative estimate of drug-likeness (QED) is 0.415. The Kier molecular flexibility index (Phi) is 10.8. The number of halogens is 1. The summed E-state index contributed by atoms with van der Waals surface area (Å²) in [6.45, 7) is 7.83. The topological polar surface area (TPSA) is 135 Å². The Morgan fingerprint density at radius 3 is 2.29 bits per heavy atom. The fourth-order valence-corrected chi connectivity index (χ4v) is 5.85. The largest absolute Gasteiger partial charge is 0.445 e. The van der Waals surface area contributed by atoms with Gasteiger partial charge in [0.1, 0.15) is 24.5 Å². The first kappa shape index (κ1) is 33.9. The molecule has 0 aliphatic carbocycles. The van der Waals surface area contributed by atoms with Crippen LogP contribution in [0.3, 0.4) is 0 Å². The van der Waals surface area contributed by atoms with Crippen molar-refractivity contribution in [3.05, 3.63) is 71.5 Å². The second kappa shape index (κ2) is 14.4. The Balaban J connectivity index is 1.47. The number of carbonyl (C=O) groups excluding carboxylic acids is 4. The number of nitrogens with two attached hydrogens (primary N) is 1. The van der Waals surface area contributed by atoms with E-state index in [1.807, 2.05) is 51.1 Å². The molecule has 0 bridgehead atoms. The number of rotatable bonds is 10. The van der Waals surface area contributed by atoms with Gasteiger partial charge < -0.3 is 30.3 Å². The maximum Gasteiger partial charge on any atom is 0.410 e. The molecule has 2 aromatic rings. The van der Waals surface area contributed by atoms with E-state index in [1.54, 1.807) is 28.9 Å². The first-order chi connectivity index (χ1) is 21.3. The van der Waals surface area contributed by atoms with Crippen molar-refractivity contribution in [2.45, 2.75) is 77.6 Å². The summed E-state index contributed by atoms with van der Waals surface area (Å²) >= 11 is 0. The predicted octanol–water partition coefficient (Wildman–Crippen LogP) is 2.67. The van der Waals surface area contributed by atoms with Crippen LogP contribution in [-0.2, 0) is 37.1 Å². The van der Waals surface area contributed by atoms with Gasteiger partial charge in [-0.1, -0.05) is 63.2 Å². The Hall–Kier alpha value is -4.03. The number of fused-ring (bicyclic) bond motifs is 1. The van der Waals surface area contributed by atoms with Crippen molar-refractivity contribution in [3.63, 3.8) is 0 Å². The number of likely N-dealkylation sites (tertiary alicyclic amines) is 2. The highest BCUT2D eigenvalue weighted by Crippen LogP contribution is 2.36. The van der Waals surface area contributed by atoms with E-state index in [0.29, 0.717) is 13.0 Å². The lowest BCUT2D eigenvalue weighted by molar-refractivity contribution is -0.143. The summed E-state index contributed by atoms with van der Waals surface area (Å²) in [4.78, 5) is 57.7. The van der Waals surface area contributed by atoms with Crippen LogP contribution in [0.1, 0.15) is 45.2 Å². The Labute approximate surface area is 263 Å². The van der Waals surface area contributed by atoms with Gasteiger partial charge in [-0.05, 0) is 42.0 Å². The summed E-state index contributed by atoms with van der Waals surface area (Å²) in [6, 6.07) is 12.6. The molecule has 2 saturated heterocycles. The van der Waals surface area contributed by atoms with Crippen molar-refractivity contribution in [3.8, 4) is 0 Å². The molecule has 2 aliphatic heterocycles. The Bertz CT molecular complexity index is 1350. The van der Waals surface area contributed by atoms with E-state index in [2.05, 4.69) is 5.32 Å². The molecule has 4 amide bonds. The van der Waals surface area contributed by atoms with Crippen molar-refractivity contribution >= 4 is 23.8 Å². The predicted molar refractivity (Wildman–Crippen MR) is 165 cm³/mol. The third kappa shape index (κ3) is 7.98. The lowest BCUT2D eigenvalue weighted by atomic mass is 9.85. The van der Waals surface area contributed by atoms with Crippen LogP contribution in [-0.4, -0.2) is 95.5 Å². The lowest BCUT2D eigenvalue weighted by Crippen LogP contribution is -2.60. The van der Waals surface area contributed by atoms with E-state index in [0.717, 1.165) is 11.1 Å². The number of nitrogens with one attached hydrogen (secondary N) is 1. The molecule has 5 atom stereocenters. The summed E-state index contributed by atoms with van der Waals surface area (Å²) in [6.07, 6.45) is -0.641. The highest BCUT2D eigenvalue weighted by molar-refractivity contribution is 5.92. The molecule has 1 unspecified atom stereocenters. The summed E-state index contributed by atoms with van der Waals surface area (Å²) < 4.78 is 25.0. The van der Waals surface area contributed by atoms with Gasteiger partial charge in [0.05, 0.1) is 31.3 Å². The molecule has 0 aromatic heterocycles. The van der Waals surface area contributed by atoms with Crippen molar-refractivity contribution in [2.75, 3.05) is 26.7 Å². The Morgan fingerprint density at radius 1 is 1.02 bits per heavy atom. The minimum atomic E-state index is -0.933. The zero-order valence-electron chi connectivity index (χ0n) is 26.6. The molecule has 2 aliphatic rings.